The highest BCUT2D eigenvalue weighted by atomic mass is 16.1. The molecule has 2 aromatic rings. The zero-order valence-corrected chi connectivity index (χ0v) is 12.8. The Morgan fingerprint density at radius 1 is 1.32 bits per heavy atom. The molecular weight excluding hydrogens is 274 g/mol. The van der Waals surface area contributed by atoms with Crippen molar-refractivity contribution in [2.45, 2.75) is 26.2 Å². The third-order valence-electron chi connectivity index (χ3n) is 3.65. The molecule has 1 unspecified atom stereocenters. The lowest BCUT2D eigenvalue weighted by atomic mass is 9.96. The van der Waals surface area contributed by atoms with Crippen molar-refractivity contribution in [3.63, 3.8) is 0 Å². The molecule has 1 amide bonds. The molecule has 0 fully saturated rings. The van der Waals surface area contributed by atoms with Gasteiger partial charge in [-0.1, -0.05) is 25.1 Å². The van der Waals surface area contributed by atoms with Crippen LogP contribution in [0.1, 0.15) is 40.7 Å². The Hall–Kier alpha value is -2.80. The minimum atomic E-state index is -0.186. The number of hydrogen-bond acceptors (Lipinski definition) is 3. The molecule has 4 heteroatoms. The summed E-state index contributed by atoms with van der Waals surface area (Å²) in [5, 5.41) is 11.6. The number of nitrogens with two attached hydrogens (primary N) is 1. The Balaban J connectivity index is 2.17. The van der Waals surface area contributed by atoms with Crippen LogP contribution in [0, 0.1) is 18.3 Å². The van der Waals surface area contributed by atoms with Crippen LogP contribution in [0.4, 0.5) is 11.4 Å². The van der Waals surface area contributed by atoms with Crippen molar-refractivity contribution in [3.8, 4) is 6.07 Å². The average Bonchev–Trinajstić information content (AvgIpc) is 2.51. The van der Waals surface area contributed by atoms with E-state index < -0.39 is 0 Å². The van der Waals surface area contributed by atoms with E-state index in [1.54, 1.807) is 12.1 Å². The molecule has 2 aromatic carbocycles. The monoisotopic (exact) mass is 293 g/mol. The number of rotatable bonds is 4. The molecule has 0 bridgehead atoms. The van der Waals surface area contributed by atoms with E-state index in [0.717, 1.165) is 11.1 Å². The summed E-state index contributed by atoms with van der Waals surface area (Å²) in [6, 6.07) is 14.9. The van der Waals surface area contributed by atoms with Gasteiger partial charge in [-0.25, -0.2) is 0 Å². The van der Waals surface area contributed by atoms with Crippen LogP contribution in [-0.2, 0) is 0 Å². The van der Waals surface area contributed by atoms with Gasteiger partial charge in [-0.2, -0.15) is 5.26 Å². The second-order valence-corrected chi connectivity index (χ2v) is 5.41. The Morgan fingerprint density at radius 2 is 2.09 bits per heavy atom. The van der Waals surface area contributed by atoms with Crippen molar-refractivity contribution >= 4 is 17.3 Å². The molecule has 0 saturated carbocycles. The molecule has 3 N–H and O–H groups in total. The zero-order valence-electron chi connectivity index (χ0n) is 12.8. The van der Waals surface area contributed by atoms with Crippen LogP contribution in [0.15, 0.2) is 42.5 Å². The fourth-order valence-corrected chi connectivity index (χ4v) is 2.16. The zero-order chi connectivity index (χ0) is 16.1. The molecular formula is C18H19N3O. The number of amides is 1. The van der Waals surface area contributed by atoms with E-state index in [-0.39, 0.29) is 11.8 Å². The van der Waals surface area contributed by atoms with Crippen molar-refractivity contribution < 1.29 is 4.79 Å². The highest BCUT2D eigenvalue weighted by molar-refractivity contribution is 6.04. The SMILES string of the molecule is Cc1ccc(NC(=O)c2cccc(C(C)CC#N)c2)cc1N. The lowest BCUT2D eigenvalue weighted by Gasteiger charge is -2.11. The maximum Gasteiger partial charge on any atom is 0.255 e. The van der Waals surface area contributed by atoms with Crippen molar-refractivity contribution in [3.05, 3.63) is 59.2 Å². The first-order valence-electron chi connectivity index (χ1n) is 7.15. The largest absolute Gasteiger partial charge is 0.398 e. The maximum atomic E-state index is 12.3. The van der Waals surface area contributed by atoms with E-state index >= 15 is 0 Å². The first-order chi connectivity index (χ1) is 10.5. The van der Waals surface area contributed by atoms with Gasteiger partial charge in [0.15, 0.2) is 0 Å². The summed E-state index contributed by atoms with van der Waals surface area (Å²) in [5.74, 6) is -0.0815. The van der Waals surface area contributed by atoms with Gasteiger partial charge in [0.05, 0.1) is 6.07 Å². The van der Waals surface area contributed by atoms with E-state index in [4.69, 9.17) is 11.0 Å². The Bertz CT molecular complexity index is 731. The molecule has 22 heavy (non-hydrogen) atoms. The smallest absolute Gasteiger partial charge is 0.255 e. The first kappa shape index (κ1) is 15.6. The third kappa shape index (κ3) is 3.64. The van der Waals surface area contributed by atoms with E-state index in [2.05, 4.69) is 11.4 Å². The summed E-state index contributed by atoms with van der Waals surface area (Å²) >= 11 is 0. The number of nitriles is 1. The molecule has 1 atom stereocenters. The van der Waals surface area contributed by atoms with Crippen LogP contribution >= 0.6 is 0 Å². The topological polar surface area (TPSA) is 78.9 Å². The molecule has 0 aliphatic carbocycles. The molecule has 0 aliphatic rings. The number of nitrogen functional groups attached to an aromatic ring is 1. The number of aryl methyl sites for hydroxylation is 1. The number of nitrogens with one attached hydrogen (secondary N) is 1. The quantitative estimate of drug-likeness (QED) is 0.840. The van der Waals surface area contributed by atoms with Gasteiger partial charge < -0.3 is 11.1 Å². The summed E-state index contributed by atoms with van der Waals surface area (Å²) in [6.45, 7) is 3.89. The normalized spacial score (nSPS) is 11.5. The first-order valence-corrected chi connectivity index (χ1v) is 7.15. The summed E-state index contributed by atoms with van der Waals surface area (Å²) in [6.07, 6.45) is 0.430. The van der Waals surface area contributed by atoms with Crippen LogP contribution in [0.2, 0.25) is 0 Å². The lowest BCUT2D eigenvalue weighted by molar-refractivity contribution is 0.102. The second-order valence-electron chi connectivity index (χ2n) is 5.41. The lowest BCUT2D eigenvalue weighted by Crippen LogP contribution is -2.12. The molecule has 4 nitrogen and oxygen atoms in total. The van der Waals surface area contributed by atoms with Crippen LogP contribution in [0.5, 0.6) is 0 Å². The van der Waals surface area contributed by atoms with Crippen LogP contribution in [0.25, 0.3) is 0 Å². The van der Waals surface area contributed by atoms with E-state index in [0.29, 0.717) is 23.4 Å². The van der Waals surface area contributed by atoms with Crippen LogP contribution in [0.3, 0.4) is 0 Å². The number of hydrogen-bond donors (Lipinski definition) is 2. The van der Waals surface area contributed by atoms with Gasteiger partial charge in [-0.3, -0.25) is 4.79 Å². The van der Waals surface area contributed by atoms with Gasteiger partial charge in [0.1, 0.15) is 0 Å². The molecule has 0 aromatic heterocycles. The number of benzene rings is 2. The van der Waals surface area contributed by atoms with Gasteiger partial charge in [-0.15, -0.1) is 0 Å². The van der Waals surface area contributed by atoms with Crippen molar-refractivity contribution in [1.29, 1.82) is 5.26 Å². The van der Waals surface area contributed by atoms with Crippen LogP contribution in [-0.4, -0.2) is 5.91 Å². The second kappa shape index (κ2) is 6.77. The molecule has 0 aliphatic heterocycles. The van der Waals surface area contributed by atoms with E-state index in [1.807, 2.05) is 44.2 Å². The molecule has 0 heterocycles. The Morgan fingerprint density at radius 3 is 2.77 bits per heavy atom. The highest BCUT2D eigenvalue weighted by Gasteiger charge is 2.10. The molecule has 2 rings (SSSR count). The molecule has 0 saturated heterocycles. The number of carbonyl (C=O) groups excluding carboxylic acids is 1. The summed E-state index contributed by atoms with van der Waals surface area (Å²) in [7, 11) is 0. The molecule has 112 valence electrons. The molecule has 0 spiro atoms. The van der Waals surface area contributed by atoms with E-state index in [1.165, 1.54) is 0 Å². The van der Waals surface area contributed by atoms with Gasteiger partial charge in [0.25, 0.3) is 5.91 Å². The standard InChI is InChI=1S/C18H19N3O/c1-12(8-9-19)14-4-3-5-15(10-14)18(22)21-16-7-6-13(2)17(20)11-16/h3-7,10-12H,8,20H2,1-2H3,(H,21,22). The van der Waals surface area contributed by atoms with Gasteiger partial charge in [0, 0.05) is 23.4 Å². The van der Waals surface area contributed by atoms with Gasteiger partial charge in [0.2, 0.25) is 0 Å². The summed E-state index contributed by atoms with van der Waals surface area (Å²) in [4.78, 5) is 12.3. The van der Waals surface area contributed by atoms with Crippen LogP contribution < -0.4 is 11.1 Å². The fourth-order valence-electron chi connectivity index (χ4n) is 2.16. The fraction of sp³-hybridized carbons (Fsp3) is 0.222. The number of carbonyl (C=O) groups is 1. The van der Waals surface area contributed by atoms with Crippen molar-refractivity contribution in [2.75, 3.05) is 11.1 Å². The predicted octanol–water partition coefficient (Wildman–Crippen LogP) is 3.85. The predicted molar refractivity (Wildman–Crippen MR) is 88.6 cm³/mol. The number of nitrogens with zero attached hydrogens (tertiary/aromatic N) is 1. The average molecular weight is 293 g/mol. The third-order valence-corrected chi connectivity index (χ3v) is 3.65. The molecule has 0 radical (unpaired) electrons. The van der Waals surface area contributed by atoms with E-state index in [9.17, 15) is 4.79 Å². The van der Waals surface area contributed by atoms with Crippen molar-refractivity contribution in [2.24, 2.45) is 0 Å². The summed E-state index contributed by atoms with van der Waals surface area (Å²) < 4.78 is 0. The minimum absolute atomic E-state index is 0.104. The van der Waals surface area contributed by atoms with Crippen molar-refractivity contribution in [1.82, 2.24) is 0 Å². The highest BCUT2D eigenvalue weighted by Crippen LogP contribution is 2.21. The van der Waals surface area contributed by atoms with Gasteiger partial charge in [-0.05, 0) is 48.2 Å². The summed E-state index contributed by atoms with van der Waals surface area (Å²) in [5.41, 5.74) is 9.70. The minimum Gasteiger partial charge on any atom is -0.398 e. The van der Waals surface area contributed by atoms with Gasteiger partial charge >= 0.3 is 0 Å². The Labute approximate surface area is 130 Å². The maximum absolute atomic E-state index is 12.3. The Kier molecular flexibility index (Phi) is 4.80. The number of anilines is 2.